The van der Waals surface area contributed by atoms with Crippen LogP contribution in [0.5, 0.6) is 11.5 Å². The van der Waals surface area contributed by atoms with E-state index in [1.165, 1.54) is 59.1 Å². The van der Waals surface area contributed by atoms with Gasteiger partial charge in [-0.15, -0.1) is 0 Å². The predicted octanol–water partition coefficient (Wildman–Crippen LogP) is 11.3. The fourth-order valence-electron chi connectivity index (χ4n) is 5.62. The Kier molecular flexibility index (Phi) is 16.7. The van der Waals surface area contributed by atoms with Crippen LogP contribution in [-0.2, 0) is 38.5 Å². The van der Waals surface area contributed by atoms with Crippen LogP contribution >= 0.6 is 0 Å². The molecule has 0 unspecified atom stereocenters. The zero-order valence-corrected chi connectivity index (χ0v) is 26.8. The standard InChI is InChI=1S/C37H58O3/c1-7-13-19-29-25-27-35(33(23-17-11-5)31(29)21-15-9-3)39-37(38)40-36-28-26-30(20-14-8-2)32(22-16-10-4)34(36)24-18-12-6/h25-28H,7-24H2,1-6H3. The summed E-state index contributed by atoms with van der Waals surface area (Å²) in [5, 5.41) is 0. The van der Waals surface area contributed by atoms with Crippen molar-refractivity contribution in [2.24, 2.45) is 0 Å². The zero-order valence-electron chi connectivity index (χ0n) is 26.8. The lowest BCUT2D eigenvalue weighted by Gasteiger charge is -2.20. The quantitative estimate of drug-likeness (QED) is 0.121. The highest BCUT2D eigenvalue weighted by Gasteiger charge is 2.20. The lowest BCUT2D eigenvalue weighted by Crippen LogP contribution is -2.17. The van der Waals surface area contributed by atoms with E-state index in [0.29, 0.717) is 11.5 Å². The molecule has 0 bridgehead atoms. The summed E-state index contributed by atoms with van der Waals surface area (Å²) in [5.74, 6) is 1.37. The lowest BCUT2D eigenvalue weighted by atomic mass is 9.90. The first-order valence-electron chi connectivity index (χ1n) is 16.7. The van der Waals surface area contributed by atoms with Gasteiger partial charge in [0.15, 0.2) is 0 Å². The van der Waals surface area contributed by atoms with Crippen LogP contribution < -0.4 is 9.47 Å². The second-order valence-corrected chi connectivity index (χ2v) is 11.4. The molecule has 0 amide bonds. The van der Waals surface area contributed by atoms with E-state index in [2.05, 4.69) is 53.7 Å². The molecule has 0 aliphatic heterocycles. The van der Waals surface area contributed by atoms with Crippen molar-refractivity contribution in [1.82, 2.24) is 0 Å². The van der Waals surface area contributed by atoms with Gasteiger partial charge in [0.2, 0.25) is 0 Å². The summed E-state index contributed by atoms with van der Waals surface area (Å²) in [6.07, 6.45) is 19.3. The lowest BCUT2D eigenvalue weighted by molar-refractivity contribution is 0.151. The number of ether oxygens (including phenoxy) is 2. The van der Waals surface area contributed by atoms with Crippen LogP contribution in [0, 0.1) is 0 Å². The molecular formula is C37H58O3. The monoisotopic (exact) mass is 550 g/mol. The van der Waals surface area contributed by atoms with Crippen LogP contribution in [-0.4, -0.2) is 6.16 Å². The Labute approximate surface area is 246 Å². The van der Waals surface area contributed by atoms with Crippen molar-refractivity contribution in [2.45, 2.75) is 157 Å². The van der Waals surface area contributed by atoms with E-state index in [1.807, 2.05) is 12.1 Å². The van der Waals surface area contributed by atoms with Crippen LogP contribution in [0.4, 0.5) is 4.79 Å². The largest absolute Gasteiger partial charge is 0.519 e. The van der Waals surface area contributed by atoms with Crippen molar-refractivity contribution in [3.05, 3.63) is 57.6 Å². The van der Waals surface area contributed by atoms with Crippen molar-refractivity contribution < 1.29 is 14.3 Å². The minimum atomic E-state index is -0.610. The number of hydrogen-bond donors (Lipinski definition) is 0. The van der Waals surface area contributed by atoms with Gasteiger partial charge >= 0.3 is 6.16 Å². The first kappa shape index (κ1) is 33.9. The van der Waals surface area contributed by atoms with Crippen LogP contribution in [0.3, 0.4) is 0 Å². The molecule has 0 N–H and O–H groups in total. The molecule has 2 rings (SSSR count). The van der Waals surface area contributed by atoms with E-state index >= 15 is 0 Å². The molecule has 3 nitrogen and oxygen atoms in total. The maximum absolute atomic E-state index is 13.4. The Hall–Kier alpha value is -2.29. The molecule has 0 aromatic heterocycles. The highest BCUT2D eigenvalue weighted by atomic mass is 16.7. The third kappa shape index (κ3) is 10.6. The number of rotatable bonds is 20. The topological polar surface area (TPSA) is 35.5 Å². The zero-order chi connectivity index (χ0) is 29.2. The molecule has 0 saturated heterocycles. The molecule has 0 radical (unpaired) electrons. The summed E-state index contributed by atoms with van der Waals surface area (Å²) in [4.78, 5) is 13.4. The van der Waals surface area contributed by atoms with E-state index in [-0.39, 0.29) is 0 Å². The van der Waals surface area contributed by atoms with Crippen molar-refractivity contribution in [2.75, 3.05) is 0 Å². The van der Waals surface area contributed by atoms with E-state index in [1.54, 1.807) is 0 Å². The first-order valence-corrected chi connectivity index (χ1v) is 16.7. The SMILES string of the molecule is CCCCc1ccc(OC(=O)Oc2ccc(CCCC)c(CCCC)c2CCCC)c(CCCC)c1CCCC. The summed E-state index contributed by atoms with van der Waals surface area (Å²) in [6.45, 7) is 13.4. The fourth-order valence-corrected chi connectivity index (χ4v) is 5.62. The molecule has 224 valence electrons. The van der Waals surface area contributed by atoms with Crippen molar-refractivity contribution in [1.29, 1.82) is 0 Å². The molecule has 0 aliphatic rings. The highest BCUT2D eigenvalue weighted by Crippen LogP contribution is 2.33. The minimum absolute atomic E-state index is 0.610. The third-order valence-corrected chi connectivity index (χ3v) is 8.08. The number of hydrogen-bond acceptors (Lipinski definition) is 3. The van der Waals surface area contributed by atoms with Crippen LogP contribution in [0.2, 0.25) is 0 Å². The summed E-state index contributed by atoms with van der Waals surface area (Å²) >= 11 is 0. The molecule has 40 heavy (non-hydrogen) atoms. The second kappa shape index (κ2) is 19.7. The van der Waals surface area contributed by atoms with Gasteiger partial charge in [-0.2, -0.15) is 0 Å². The average molecular weight is 551 g/mol. The Morgan fingerprint density at radius 1 is 0.450 bits per heavy atom. The van der Waals surface area contributed by atoms with Gasteiger partial charge in [-0.3, -0.25) is 0 Å². The highest BCUT2D eigenvalue weighted by molar-refractivity contribution is 5.69. The Morgan fingerprint density at radius 2 is 0.750 bits per heavy atom. The van der Waals surface area contributed by atoms with E-state index in [4.69, 9.17) is 9.47 Å². The average Bonchev–Trinajstić information content (AvgIpc) is 2.96. The van der Waals surface area contributed by atoms with Crippen LogP contribution in [0.25, 0.3) is 0 Å². The molecule has 2 aromatic carbocycles. The maximum atomic E-state index is 13.4. The van der Waals surface area contributed by atoms with Gasteiger partial charge in [0, 0.05) is 0 Å². The molecule has 2 aromatic rings. The molecule has 0 heterocycles. The molecule has 0 aliphatic carbocycles. The normalized spacial score (nSPS) is 11.2. The first-order chi connectivity index (χ1) is 19.5. The Balaban J connectivity index is 2.42. The van der Waals surface area contributed by atoms with Crippen LogP contribution in [0.15, 0.2) is 24.3 Å². The van der Waals surface area contributed by atoms with Crippen molar-refractivity contribution in [3.8, 4) is 11.5 Å². The third-order valence-electron chi connectivity index (χ3n) is 8.08. The molecule has 0 atom stereocenters. The van der Waals surface area contributed by atoms with Gasteiger partial charge in [0.05, 0.1) is 0 Å². The molecular weight excluding hydrogens is 492 g/mol. The van der Waals surface area contributed by atoms with Gasteiger partial charge in [-0.1, -0.05) is 92.2 Å². The number of aryl methyl sites for hydroxylation is 2. The smallest absolute Gasteiger partial charge is 0.394 e. The molecule has 0 fully saturated rings. The molecule has 0 saturated carbocycles. The number of carbonyl (C=O) groups excluding carboxylic acids is 1. The van der Waals surface area contributed by atoms with E-state index in [0.717, 1.165) is 89.9 Å². The number of benzene rings is 2. The van der Waals surface area contributed by atoms with E-state index < -0.39 is 6.16 Å². The van der Waals surface area contributed by atoms with Gasteiger partial charge in [-0.05, 0) is 123 Å². The summed E-state index contributed by atoms with van der Waals surface area (Å²) in [6, 6.07) is 8.42. The summed E-state index contributed by atoms with van der Waals surface area (Å²) < 4.78 is 12.1. The van der Waals surface area contributed by atoms with Gasteiger partial charge < -0.3 is 9.47 Å². The van der Waals surface area contributed by atoms with Crippen molar-refractivity contribution >= 4 is 6.16 Å². The molecule has 3 heteroatoms. The second-order valence-electron chi connectivity index (χ2n) is 11.4. The Morgan fingerprint density at radius 3 is 1.07 bits per heavy atom. The number of unbranched alkanes of at least 4 members (excludes halogenated alkanes) is 6. The fraction of sp³-hybridized carbons (Fsp3) is 0.649. The summed E-state index contributed by atoms with van der Waals surface area (Å²) in [5.41, 5.74) is 8.08. The maximum Gasteiger partial charge on any atom is 0.519 e. The Bertz CT molecular complexity index is 927. The summed E-state index contributed by atoms with van der Waals surface area (Å²) in [7, 11) is 0. The predicted molar refractivity (Wildman–Crippen MR) is 171 cm³/mol. The van der Waals surface area contributed by atoms with Crippen molar-refractivity contribution in [3.63, 3.8) is 0 Å². The van der Waals surface area contributed by atoms with Gasteiger partial charge in [0.1, 0.15) is 11.5 Å². The van der Waals surface area contributed by atoms with E-state index in [9.17, 15) is 4.79 Å². The number of carbonyl (C=O) groups is 1. The van der Waals surface area contributed by atoms with Crippen LogP contribution in [0.1, 0.15) is 152 Å². The van der Waals surface area contributed by atoms with Gasteiger partial charge in [-0.25, -0.2) is 4.79 Å². The molecule has 0 spiro atoms. The minimum Gasteiger partial charge on any atom is -0.394 e. The van der Waals surface area contributed by atoms with Gasteiger partial charge in [0.25, 0.3) is 0 Å².